The van der Waals surface area contributed by atoms with Crippen molar-refractivity contribution in [3.63, 3.8) is 0 Å². The summed E-state index contributed by atoms with van der Waals surface area (Å²) in [6.45, 7) is 6.44. The number of halogens is 2. The first-order chi connectivity index (χ1) is 9.91. The predicted molar refractivity (Wildman–Crippen MR) is 91.2 cm³/mol. The monoisotopic (exact) mass is 338 g/mol. The van der Waals surface area contributed by atoms with Crippen molar-refractivity contribution < 1.29 is 13.9 Å². The third kappa shape index (κ3) is 4.20. The van der Waals surface area contributed by atoms with Crippen molar-refractivity contribution in [2.75, 3.05) is 25.1 Å². The van der Waals surface area contributed by atoms with Crippen LogP contribution in [0.25, 0.3) is 0 Å². The van der Waals surface area contributed by atoms with Gasteiger partial charge in [-0.15, -0.1) is 0 Å². The number of rotatable bonds is 10. The second kappa shape index (κ2) is 7.92. The molecule has 124 valence electrons. The number of ether oxygens (including phenoxy) is 1. The number of hydrogen-bond acceptors (Lipinski definition) is 2. The normalized spacial score (nSPS) is 17.8. The summed E-state index contributed by atoms with van der Waals surface area (Å²) in [7, 11) is 0. The van der Waals surface area contributed by atoms with Gasteiger partial charge in [-0.3, -0.25) is 0 Å². The molecule has 0 bridgehead atoms. The van der Waals surface area contributed by atoms with Crippen molar-refractivity contribution in [3.05, 3.63) is 11.1 Å². The zero-order chi connectivity index (χ0) is 16.0. The van der Waals surface area contributed by atoms with Gasteiger partial charge in [-0.05, 0) is 0 Å². The molecule has 1 aliphatic rings. The minimum absolute atomic E-state index is 0.0726. The Bertz CT molecular complexity index is 385. The Morgan fingerprint density at radius 2 is 1.48 bits per heavy atom. The van der Waals surface area contributed by atoms with E-state index in [0.29, 0.717) is 5.31 Å². The number of unbranched alkanes of at least 4 members (excludes halogenated alkanes) is 3. The standard InChI is InChI=1S/C16H29ClFO2P/c1-4-7-10-21(17,11-8-5-2,12-9-6-3)14-13-20-16(19)15(14)18/h4-13H2,1-3H3. The Labute approximate surface area is 133 Å². The summed E-state index contributed by atoms with van der Waals surface area (Å²) >= 11 is 7.30. The Hall–Kier alpha value is -0.140. The third-order valence-corrected chi connectivity index (χ3v) is 12.4. The van der Waals surface area contributed by atoms with Gasteiger partial charge in [-0.1, -0.05) is 0 Å². The van der Waals surface area contributed by atoms with Gasteiger partial charge in [0, 0.05) is 0 Å². The van der Waals surface area contributed by atoms with Crippen LogP contribution >= 0.6 is 17.2 Å². The molecule has 0 unspecified atom stereocenters. The summed E-state index contributed by atoms with van der Waals surface area (Å²) in [5.74, 6) is -4.40. The zero-order valence-electron chi connectivity index (χ0n) is 13.6. The number of hydrogen-bond donors (Lipinski definition) is 0. The number of carbonyl (C=O) groups is 1. The molecule has 0 saturated carbocycles. The van der Waals surface area contributed by atoms with Crippen LogP contribution in [0, 0.1) is 0 Å². The van der Waals surface area contributed by atoms with Gasteiger partial charge in [0.1, 0.15) is 0 Å². The first-order valence-corrected chi connectivity index (χ1v) is 11.9. The van der Waals surface area contributed by atoms with Crippen molar-refractivity contribution in [2.24, 2.45) is 0 Å². The minimum atomic E-state index is -2.89. The molecule has 0 N–H and O–H groups in total. The molecule has 0 atom stereocenters. The van der Waals surface area contributed by atoms with Crippen molar-refractivity contribution in [3.8, 4) is 0 Å². The van der Waals surface area contributed by atoms with Crippen LogP contribution in [0.5, 0.6) is 0 Å². The topological polar surface area (TPSA) is 26.3 Å². The summed E-state index contributed by atoms with van der Waals surface area (Å²) < 4.78 is 19.3. The fourth-order valence-electron chi connectivity index (χ4n) is 3.09. The van der Waals surface area contributed by atoms with Crippen LogP contribution in [-0.2, 0) is 9.53 Å². The summed E-state index contributed by atoms with van der Waals surface area (Å²) in [6.07, 6.45) is 8.57. The van der Waals surface area contributed by atoms with E-state index in [0.717, 1.165) is 57.0 Å². The fraction of sp³-hybridized carbons (Fsp3) is 0.812. The Morgan fingerprint density at radius 1 is 1.05 bits per heavy atom. The predicted octanol–water partition coefficient (Wildman–Crippen LogP) is 5.83. The third-order valence-electron chi connectivity index (χ3n) is 4.52. The van der Waals surface area contributed by atoms with Gasteiger partial charge >= 0.3 is 133 Å². The molecule has 0 aromatic carbocycles. The van der Waals surface area contributed by atoms with Crippen molar-refractivity contribution in [1.29, 1.82) is 0 Å². The molecular weight excluding hydrogens is 310 g/mol. The maximum absolute atomic E-state index is 14.4. The van der Waals surface area contributed by atoms with Crippen molar-refractivity contribution in [1.82, 2.24) is 0 Å². The second-order valence-corrected chi connectivity index (χ2v) is 13.9. The number of cyclic esters (lactones) is 1. The Kier molecular flexibility index (Phi) is 7.13. The molecule has 0 saturated heterocycles. The summed E-state index contributed by atoms with van der Waals surface area (Å²) in [6, 6.07) is 0. The molecule has 0 radical (unpaired) electrons. The quantitative estimate of drug-likeness (QED) is 0.370. The molecule has 1 heterocycles. The molecular formula is C16H29ClFO2P. The van der Waals surface area contributed by atoms with Gasteiger partial charge < -0.3 is 0 Å². The van der Waals surface area contributed by atoms with E-state index in [1.54, 1.807) is 0 Å². The molecule has 5 heteroatoms. The van der Waals surface area contributed by atoms with Crippen molar-refractivity contribution >= 4 is 23.2 Å². The van der Waals surface area contributed by atoms with Crippen molar-refractivity contribution in [2.45, 2.75) is 59.3 Å². The van der Waals surface area contributed by atoms with E-state index >= 15 is 0 Å². The SMILES string of the molecule is CCCCP(Cl)(CCCC)(CCCC)C1=C(F)C(=O)OC1. The van der Waals surface area contributed by atoms with Crippen LogP contribution in [0.2, 0.25) is 0 Å². The van der Waals surface area contributed by atoms with Gasteiger partial charge in [-0.25, -0.2) is 0 Å². The molecule has 0 spiro atoms. The molecule has 1 aliphatic heterocycles. The summed E-state index contributed by atoms with van der Waals surface area (Å²) in [5, 5.41) is 0.531. The molecule has 0 amide bonds. The van der Waals surface area contributed by atoms with E-state index in [9.17, 15) is 9.18 Å². The summed E-state index contributed by atoms with van der Waals surface area (Å²) in [5.41, 5.74) is 0. The van der Waals surface area contributed by atoms with Gasteiger partial charge in [0.15, 0.2) is 0 Å². The zero-order valence-corrected chi connectivity index (χ0v) is 15.2. The van der Waals surface area contributed by atoms with Crippen LogP contribution < -0.4 is 0 Å². The average molecular weight is 339 g/mol. The molecule has 0 fully saturated rings. The molecule has 1 rings (SSSR count). The van der Waals surface area contributed by atoms with Crippen LogP contribution in [0.1, 0.15) is 59.3 Å². The van der Waals surface area contributed by atoms with E-state index in [4.69, 9.17) is 16.0 Å². The van der Waals surface area contributed by atoms with Gasteiger partial charge in [-0.2, -0.15) is 0 Å². The van der Waals surface area contributed by atoms with E-state index in [1.165, 1.54) is 0 Å². The van der Waals surface area contributed by atoms with E-state index < -0.39 is 17.8 Å². The first kappa shape index (κ1) is 18.9. The number of esters is 1. The van der Waals surface area contributed by atoms with E-state index in [-0.39, 0.29) is 6.61 Å². The van der Waals surface area contributed by atoms with Crippen LogP contribution in [0.15, 0.2) is 11.1 Å². The van der Waals surface area contributed by atoms with Gasteiger partial charge in [0.25, 0.3) is 0 Å². The molecule has 0 aromatic heterocycles. The molecule has 2 nitrogen and oxygen atoms in total. The first-order valence-electron chi connectivity index (χ1n) is 8.20. The Morgan fingerprint density at radius 3 is 1.76 bits per heavy atom. The Balaban J connectivity index is 3.24. The van der Waals surface area contributed by atoms with E-state index in [2.05, 4.69) is 20.8 Å². The molecule has 0 aliphatic carbocycles. The maximum atomic E-state index is 14.4. The van der Waals surface area contributed by atoms with Crippen LogP contribution in [-0.4, -0.2) is 31.1 Å². The molecule has 0 aromatic rings. The second-order valence-electron chi connectivity index (χ2n) is 6.16. The number of carbonyl (C=O) groups excluding carboxylic acids is 1. The van der Waals surface area contributed by atoms with Crippen LogP contribution in [0.3, 0.4) is 0 Å². The van der Waals surface area contributed by atoms with Crippen LogP contribution in [0.4, 0.5) is 4.39 Å². The average Bonchev–Trinajstić information content (AvgIpc) is 2.82. The van der Waals surface area contributed by atoms with E-state index in [1.807, 2.05) is 0 Å². The van der Waals surface area contributed by atoms with Gasteiger partial charge in [0.05, 0.1) is 0 Å². The fourth-order valence-corrected chi connectivity index (χ4v) is 10.1. The summed E-state index contributed by atoms with van der Waals surface area (Å²) in [4.78, 5) is 11.5. The molecule has 21 heavy (non-hydrogen) atoms. The van der Waals surface area contributed by atoms with Gasteiger partial charge in [0.2, 0.25) is 0 Å².